The first-order valence-corrected chi connectivity index (χ1v) is 5.25. The predicted molar refractivity (Wildman–Crippen MR) is 50.3 cm³/mol. The Kier molecular flexibility index (Phi) is 3.19. The van der Waals surface area contributed by atoms with Crippen LogP contribution in [-0.2, 0) is 0 Å². The standard InChI is InChI=1S/C10H10Se/c1-3-8-11-10-7-5-4-6-9(10)2/h4-8H,1H2,2H3. The van der Waals surface area contributed by atoms with Crippen molar-refractivity contribution < 1.29 is 0 Å². The van der Waals surface area contributed by atoms with Crippen LogP contribution in [-0.4, -0.2) is 15.0 Å². The van der Waals surface area contributed by atoms with Gasteiger partial charge in [-0.1, -0.05) is 0 Å². The summed E-state index contributed by atoms with van der Waals surface area (Å²) in [5.74, 6) is 0. The average molecular weight is 209 g/mol. The maximum absolute atomic E-state index is 3.54. The Bertz CT molecular complexity index is 283. The van der Waals surface area contributed by atoms with Gasteiger partial charge in [0.1, 0.15) is 0 Å². The molecule has 0 N–H and O–H groups in total. The topological polar surface area (TPSA) is 0 Å². The molecule has 0 aliphatic rings. The summed E-state index contributed by atoms with van der Waals surface area (Å²) in [6, 6.07) is 8.42. The first kappa shape index (κ1) is 8.36. The maximum atomic E-state index is 3.54. The summed E-state index contributed by atoms with van der Waals surface area (Å²) in [6.45, 7) is 5.67. The second kappa shape index (κ2) is 4.20. The number of hydrogen-bond donors (Lipinski definition) is 0. The van der Waals surface area contributed by atoms with Gasteiger partial charge in [0.05, 0.1) is 0 Å². The minimum atomic E-state index is 0.410. The SMILES string of the molecule is C=C=C[Se]c1ccccc1C. The van der Waals surface area contributed by atoms with E-state index in [0.717, 1.165) is 0 Å². The van der Waals surface area contributed by atoms with Gasteiger partial charge in [-0.15, -0.1) is 0 Å². The monoisotopic (exact) mass is 210 g/mol. The molecule has 1 aromatic carbocycles. The third-order valence-electron chi connectivity index (χ3n) is 1.36. The molecule has 0 bridgehead atoms. The van der Waals surface area contributed by atoms with Crippen LogP contribution >= 0.6 is 0 Å². The van der Waals surface area contributed by atoms with E-state index in [-0.39, 0.29) is 0 Å². The van der Waals surface area contributed by atoms with Gasteiger partial charge >= 0.3 is 73.5 Å². The van der Waals surface area contributed by atoms with Gasteiger partial charge in [-0.2, -0.15) is 0 Å². The van der Waals surface area contributed by atoms with Crippen LogP contribution in [0.5, 0.6) is 0 Å². The van der Waals surface area contributed by atoms with Crippen molar-refractivity contribution in [2.45, 2.75) is 6.92 Å². The Morgan fingerprint density at radius 1 is 1.45 bits per heavy atom. The van der Waals surface area contributed by atoms with E-state index in [1.165, 1.54) is 10.0 Å². The van der Waals surface area contributed by atoms with E-state index in [9.17, 15) is 0 Å². The van der Waals surface area contributed by atoms with E-state index in [1.54, 1.807) is 0 Å². The van der Waals surface area contributed by atoms with Crippen molar-refractivity contribution in [2.75, 3.05) is 0 Å². The first-order valence-electron chi connectivity index (χ1n) is 3.41. The Labute approximate surface area is 73.8 Å². The molecule has 11 heavy (non-hydrogen) atoms. The van der Waals surface area contributed by atoms with Crippen LogP contribution in [0.2, 0.25) is 0 Å². The van der Waals surface area contributed by atoms with Gasteiger partial charge in [0.25, 0.3) is 0 Å². The molecule has 0 heterocycles. The molecule has 0 fully saturated rings. The molecule has 0 radical (unpaired) electrons. The normalized spacial score (nSPS) is 8.82. The molecular formula is C10H10Se. The van der Waals surface area contributed by atoms with Gasteiger partial charge in [0.2, 0.25) is 0 Å². The van der Waals surface area contributed by atoms with Gasteiger partial charge in [-0.25, -0.2) is 0 Å². The van der Waals surface area contributed by atoms with E-state index < -0.39 is 0 Å². The van der Waals surface area contributed by atoms with Crippen LogP contribution in [0.15, 0.2) is 41.6 Å². The molecular weight excluding hydrogens is 199 g/mol. The molecule has 0 saturated heterocycles. The molecule has 0 aromatic heterocycles. The average Bonchev–Trinajstić information content (AvgIpc) is 2.03. The first-order chi connectivity index (χ1) is 5.34. The Morgan fingerprint density at radius 3 is 2.82 bits per heavy atom. The van der Waals surface area contributed by atoms with Gasteiger partial charge in [0, 0.05) is 0 Å². The summed E-state index contributed by atoms with van der Waals surface area (Å²) < 4.78 is 1.41. The van der Waals surface area contributed by atoms with Gasteiger partial charge in [0.15, 0.2) is 0 Å². The van der Waals surface area contributed by atoms with Gasteiger partial charge in [-0.3, -0.25) is 0 Å². The summed E-state index contributed by atoms with van der Waals surface area (Å²) in [7, 11) is 0. The van der Waals surface area contributed by atoms with Crippen molar-refractivity contribution in [3.8, 4) is 0 Å². The van der Waals surface area contributed by atoms with Crippen LogP contribution in [0.25, 0.3) is 0 Å². The zero-order valence-electron chi connectivity index (χ0n) is 6.50. The Hall–Kier alpha value is -0.741. The fraction of sp³-hybridized carbons (Fsp3) is 0.100. The van der Waals surface area contributed by atoms with Crippen molar-refractivity contribution in [1.82, 2.24) is 0 Å². The second-order valence-corrected chi connectivity index (χ2v) is 4.12. The van der Waals surface area contributed by atoms with Crippen LogP contribution in [0.1, 0.15) is 5.56 Å². The minimum absolute atomic E-state index is 0.410. The van der Waals surface area contributed by atoms with Crippen LogP contribution < -0.4 is 4.46 Å². The predicted octanol–water partition coefficient (Wildman–Crippen LogP) is 1.62. The zero-order chi connectivity index (χ0) is 8.10. The van der Waals surface area contributed by atoms with Crippen molar-refractivity contribution >= 4 is 19.4 Å². The molecule has 56 valence electrons. The quantitative estimate of drug-likeness (QED) is 0.513. The van der Waals surface area contributed by atoms with Crippen LogP contribution in [0.3, 0.4) is 0 Å². The van der Waals surface area contributed by atoms with Crippen molar-refractivity contribution in [3.05, 3.63) is 47.1 Å². The molecule has 0 atom stereocenters. The van der Waals surface area contributed by atoms with Gasteiger partial charge < -0.3 is 0 Å². The Morgan fingerprint density at radius 2 is 2.18 bits per heavy atom. The molecule has 0 nitrogen and oxygen atoms in total. The van der Waals surface area contributed by atoms with Gasteiger partial charge in [-0.05, 0) is 0 Å². The van der Waals surface area contributed by atoms with E-state index >= 15 is 0 Å². The second-order valence-electron chi connectivity index (χ2n) is 2.21. The Balaban J connectivity index is 2.85. The molecule has 0 saturated carbocycles. The van der Waals surface area contributed by atoms with E-state index in [2.05, 4.69) is 43.5 Å². The molecule has 1 heteroatoms. The molecule has 1 rings (SSSR count). The van der Waals surface area contributed by atoms with Crippen molar-refractivity contribution in [2.24, 2.45) is 0 Å². The summed E-state index contributed by atoms with van der Waals surface area (Å²) >= 11 is 0.410. The fourth-order valence-corrected chi connectivity index (χ4v) is 2.10. The van der Waals surface area contributed by atoms with Crippen molar-refractivity contribution in [3.63, 3.8) is 0 Å². The molecule has 1 aromatic rings. The van der Waals surface area contributed by atoms with Crippen LogP contribution in [0, 0.1) is 6.92 Å². The molecule has 0 amide bonds. The number of hydrogen-bond acceptors (Lipinski definition) is 0. The summed E-state index contributed by atoms with van der Waals surface area (Å²) in [5.41, 5.74) is 4.16. The fourth-order valence-electron chi connectivity index (χ4n) is 0.794. The third kappa shape index (κ3) is 2.40. The molecule has 0 aliphatic heterocycles. The third-order valence-corrected chi connectivity index (χ3v) is 3.45. The van der Waals surface area contributed by atoms with E-state index in [4.69, 9.17) is 0 Å². The van der Waals surface area contributed by atoms with Crippen molar-refractivity contribution in [1.29, 1.82) is 0 Å². The number of rotatable bonds is 2. The zero-order valence-corrected chi connectivity index (χ0v) is 8.22. The summed E-state index contributed by atoms with van der Waals surface area (Å²) in [4.78, 5) is 2.01. The molecule has 0 aliphatic carbocycles. The summed E-state index contributed by atoms with van der Waals surface area (Å²) in [5, 5.41) is 0. The summed E-state index contributed by atoms with van der Waals surface area (Å²) in [6.07, 6.45) is 0. The van der Waals surface area contributed by atoms with E-state index in [1.807, 2.05) is 4.97 Å². The molecule has 0 unspecified atom stereocenters. The van der Waals surface area contributed by atoms with Crippen LogP contribution in [0.4, 0.5) is 0 Å². The van der Waals surface area contributed by atoms with E-state index in [0.29, 0.717) is 15.0 Å². The number of aryl methyl sites for hydroxylation is 1. The molecule has 0 spiro atoms. The number of benzene rings is 1.